The maximum atomic E-state index is 14.4. The SMILES string of the molecule is C=CCNC(=O)C(=O)C(CC1CC1)NC(=O)[C@@H]1C[C@@H](CC)CN1C(=O)[C@@H](NC(=O)[C@@H](NC(=O)C(C)(C)C)C1CCCCC1)C(C)(C)C. The molecule has 5 atom stereocenters. The van der Waals surface area contributed by atoms with Crippen LogP contribution in [0.5, 0.6) is 0 Å². The van der Waals surface area contributed by atoms with Crippen LogP contribution < -0.4 is 21.3 Å². The first-order chi connectivity index (χ1) is 22.0. The average Bonchev–Trinajstić information content (AvgIpc) is 3.73. The fraction of sp³-hybridized carbons (Fsp3) is 0.778. The first-order valence-corrected chi connectivity index (χ1v) is 17.6. The normalized spacial score (nSPS) is 22.4. The largest absolute Gasteiger partial charge is 0.346 e. The molecule has 3 fully saturated rings. The second-order valence-electron chi connectivity index (χ2n) is 16.0. The third-order valence-electron chi connectivity index (χ3n) is 9.85. The number of nitrogens with one attached hydrogen (secondary N) is 4. The van der Waals surface area contributed by atoms with E-state index >= 15 is 0 Å². The maximum Gasteiger partial charge on any atom is 0.289 e. The highest BCUT2D eigenvalue weighted by Crippen LogP contribution is 2.35. The fourth-order valence-corrected chi connectivity index (χ4v) is 6.58. The summed E-state index contributed by atoms with van der Waals surface area (Å²) >= 11 is 0. The second kappa shape index (κ2) is 16.2. The molecule has 2 saturated carbocycles. The van der Waals surface area contributed by atoms with E-state index in [9.17, 15) is 28.8 Å². The molecule has 0 aromatic rings. The summed E-state index contributed by atoms with van der Waals surface area (Å²) in [5.41, 5.74) is -1.40. The molecule has 11 heteroatoms. The van der Waals surface area contributed by atoms with Crippen molar-refractivity contribution < 1.29 is 28.8 Å². The lowest BCUT2D eigenvalue weighted by molar-refractivity contribution is -0.145. The lowest BCUT2D eigenvalue weighted by Gasteiger charge is -2.38. The van der Waals surface area contributed by atoms with Gasteiger partial charge < -0.3 is 26.2 Å². The Balaban J connectivity index is 1.84. The van der Waals surface area contributed by atoms with Gasteiger partial charge in [0.15, 0.2) is 0 Å². The summed E-state index contributed by atoms with van der Waals surface area (Å²) in [7, 11) is 0. The molecule has 2 aliphatic carbocycles. The molecular formula is C36H59N5O6. The van der Waals surface area contributed by atoms with E-state index in [-0.39, 0.29) is 36.1 Å². The monoisotopic (exact) mass is 657 g/mol. The predicted octanol–water partition coefficient (Wildman–Crippen LogP) is 3.41. The van der Waals surface area contributed by atoms with Gasteiger partial charge in [-0.1, -0.05) is 93.1 Å². The smallest absolute Gasteiger partial charge is 0.289 e. The van der Waals surface area contributed by atoms with Crippen molar-refractivity contribution in [2.75, 3.05) is 13.1 Å². The van der Waals surface area contributed by atoms with Crippen LogP contribution in [0.25, 0.3) is 0 Å². The summed E-state index contributed by atoms with van der Waals surface area (Å²) in [6.07, 6.45) is 9.55. The standard InChI is InChI=1S/C36H59N5O6/c1-9-18-37-32(45)28(42)25(19-23-16-17-23)38-30(43)26-20-22(10-2)21-41(26)33(46)29(35(3,4)5)40-31(44)27(24-14-12-11-13-15-24)39-34(47)36(6,7)8/h9,22-27,29H,1,10-21H2,2-8H3,(H,37,45)(H,38,43)(H,39,47)(H,40,44)/t22-,25?,26+,27+,29-/m1/s1. The Hall–Kier alpha value is -3.24. The number of amides is 5. The summed E-state index contributed by atoms with van der Waals surface area (Å²) in [6.45, 7) is 17.1. The third-order valence-corrected chi connectivity index (χ3v) is 9.85. The Morgan fingerprint density at radius 1 is 0.872 bits per heavy atom. The first-order valence-electron chi connectivity index (χ1n) is 17.6. The van der Waals surface area contributed by atoms with Crippen molar-refractivity contribution in [3.05, 3.63) is 12.7 Å². The average molecular weight is 658 g/mol. The van der Waals surface area contributed by atoms with Gasteiger partial charge in [-0.2, -0.15) is 0 Å². The fourth-order valence-electron chi connectivity index (χ4n) is 6.58. The van der Waals surface area contributed by atoms with Gasteiger partial charge in [0, 0.05) is 18.5 Å². The molecule has 0 aromatic heterocycles. The Morgan fingerprint density at radius 2 is 1.51 bits per heavy atom. The Morgan fingerprint density at radius 3 is 2.04 bits per heavy atom. The Kier molecular flexibility index (Phi) is 13.2. The van der Waals surface area contributed by atoms with Crippen molar-refractivity contribution in [3.63, 3.8) is 0 Å². The minimum Gasteiger partial charge on any atom is -0.346 e. The van der Waals surface area contributed by atoms with E-state index in [4.69, 9.17) is 0 Å². The summed E-state index contributed by atoms with van der Waals surface area (Å²) < 4.78 is 0. The van der Waals surface area contributed by atoms with Gasteiger partial charge in [0.1, 0.15) is 18.1 Å². The quantitative estimate of drug-likeness (QED) is 0.166. The lowest BCUT2D eigenvalue weighted by atomic mass is 9.81. The van der Waals surface area contributed by atoms with Crippen molar-refractivity contribution in [2.45, 2.75) is 137 Å². The molecule has 0 bridgehead atoms. The zero-order valence-electron chi connectivity index (χ0n) is 29.7. The van der Waals surface area contributed by atoms with E-state index in [1.54, 1.807) is 25.7 Å². The molecule has 11 nitrogen and oxygen atoms in total. The number of nitrogens with zero attached hydrogens (tertiary/aromatic N) is 1. The number of hydrogen-bond acceptors (Lipinski definition) is 6. The molecule has 1 heterocycles. The van der Waals surface area contributed by atoms with Crippen LogP contribution in [0.4, 0.5) is 0 Å². The molecule has 0 radical (unpaired) electrons. The highest BCUT2D eigenvalue weighted by molar-refractivity contribution is 6.38. The van der Waals surface area contributed by atoms with E-state index in [2.05, 4.69) is 27.8 Å². The number of carbonyl (C=O) groups excluding carboxylic acids is 6. The van der Waals surface area contributed by atoms with Crippen molar-refractivity contribution >= 4 is 35.3 Å². The molecule has 4 N–H and O–H groups in total. The van der Waals surface area contributed by atoms with Crippen LogP contribution in [0, 0.1) is 28.6 Å². The first kappa shape index (κ1) is 38.2. The van der Waals surface area contributed by atoms with Crippen LogP contribution in [0.15, 0.2) is 12.7 Å². The molecule has 1 saturated heterocycles. The summed E-state index contributed by atoms with van der Waals surface area (Å²) in [4.78, 5) is 82.5. The molecule has 3 aliphatic rings. The van der Waals surface area contributed by atoms with Crippen molar-refractivity contribution in [1.82, 2.24) is 26.2 Å². The minimum atomic E-state index is -0.988. The highest BCUT2D eigenvalue weighted by Gasteiger charge is 2.46. The van der Waals surface area contributed by atoms with Crippen molar-refractivity contribution in [3.8, 4) is 0 Å². The molecular weight excluding hydrogens is 598 g/mol. The Bertz CT molecular complexity index is 1180. The van der Waals surface area contributed by atoms with Gasteiger partial charge in [-0.05, 0) is 48.9 Å². The highest BCUT2D eigenvalue weighted by atomic mass is 16.2. The topological polar surface area (TPSA) is 154 Å². The van der Waals surface area contributed by atoms with Gasteiger partial charge in [0.2, 0.25) is 29.4 Å². The van der Waals surface area contributed by atoms with Crippen LogP contribution in [-0.2, 0) is 28.8 Å². The number of likely N-dealkylation sites (tertiary alicyclic amines) is 1. The summed E-state index contributed by atoms with van der Waals surface area (Å²) in [6, 6.07) is -3.58. The van der Waals surface area contributed by atoms with Gasteiger partial charge >= 0.3 is 0 Å². The molecule has 0 spiro atoms. The van der Waals surface area contributed by atoms with Crippen LogP contribution >= 0.6 is 0 Å². The maximum absolute atomic E-state index is 14.4. The van der Waals surface area contributed by atoms with Crippen LogP contribution in [0.2, 0.25) is 0 Å². The van der Waals surface area contributed by atoms with Crippen LogP contribution in [0.1, 0.15) is 113 Å². The Labute approximate surface area is 281 Å². The molecule has 47 heavy (non-hydrogen) atoms. The summed E-state index contributed by atoms with van der Waals surface area (Å²) in [5, 5.41) is 11.3. The molecule has 0 aromatic carbocycles. The number of ketones is 1. The van der Waals surface area contributed by atoms with Crippen LogP contribution in [-0.4, -0.2) is 77.5 Å². The third kappa shape index (κ3) is 10.6. The molecule has 5 amide bonds. The zero-order chi connectivity index (χ0) is 35.1. The van der Waals surface area contributed by atoms with Crippen molar-refractivity contribution in [1.29, 1.82) is 0 Å². The summed E-state index contributed by atoms with van der Waals surface area (Å²) in [5.74, 6) is -2.66. The number of carbonyl (C=O) groups is 6. The molecule has 1 aliphatic heterocycles. The van der Waals surface area contributed by atoms with E-state index in [1.165, 1.54) is 6.08 Å². The lowest BCUT2D eigenvalue weighted by Crippen LogP contribution is -2.62. The van der Waals surface area contributed by atoms with Gasteiger partial charge in [-0.3, -0.25) is 28.8 Å². The predicted molar refractivity (Wildman–Crippen MR) is 181 cm³/mol. The van der Waals surface area contributed by atoms with Crippen LogP contribution in [0.3, 0.4) is 0 Å². The second-order valence-corrected chi connectivity index (χ2v) is 16.0. The number of rotatable bonds is 14. The zero-order valence-corrected chi connectivity index (χ0v) is 29.7. The van der Waals surface area contributed by atoms with E-state index < -0.39 is 58.5 Å². The molecule has 1 unspecified atom stereocenters. The van der Waals surface area contributed by atoms with Gasteiger partial charge in [-0.15, -0.1) is 6.58 Å². The van der Waals surface area contributed by atoms with E-state index in [0.29, 0.717) is 19.4 Å². The minimum absolute atomic E-state index is 0.0369. The van der Waals surface area contributed by atoms with E-state index in [1.807, 2.05) is 27.7 Å². The van der Waals surface area contributed by atoms with Crippen molar-refractivity contribution in [2.24, 2.45) is 28.6 Å². The molecule has 264 valence electrons. The number of hydrogen-bond donors (Lipinski definition) is 4. The number of Topliss-reactive ketones (excluding diaryl/α,β-unsaturated/α-hetero) is 1. The van der Waals surface area contributed by atoms with Gasteiger partial charge in [0.25, 0.3) is 5.91 Å². The molecule has 3 rings (SSSR count). The van der Waals surface area contributed by atoms with Gasteiger partial charge in [-0.25, -0.2) is 0 Å². The van der Waals surface area contributed by atoms with Gasteiger partial charge in [0.05, 0.1) is 6.04 Å². The van der Waals surface area contributed by atoms with E-state index in [0.717, 1.165) is 51.4 Å².